The Hall–Kier alpha value is -1.85. The van der Waals surface area contributed by atoms with Gasteiger partial charge < -0.3 is 10.3 Å². The summed E-state index contributed by atoms with van der Waals surface area (Å²) in [5, 5.41) is 8.42. The molecule has 0 unspecified atom stereocenters. The standard InChI is InChI=1S/C12H8ClN3OS/c13-8-1-2-10(14)9(5-8)12-15-11(16-17-12)7-3-4-18-6-7/h1-6H,14H2. The summed E-state index contributed by atoms with van der Waals surface area (Å²) in [5.74, 6) is 0.918. The van der Waals surface area contributed by atoms with Crippen molar-refractivity contribution in [3.05, 3.63) is 40.0 Å². The highest BCUT2D eigenvalue weighted by molar-refractivity contribution is 7.08. The molecule has 2 N–H and O–H groups in total. The van der Waals surface area contributed by atoms with Gasteiger partial charge in [0.2, 0.25) is 5.82 Å². The zero-order valence-electron chi connectivity index (χ0n) is 9.13. The van der Waals surface area contributed by atoms with Crippen LogP contribution in [0.2, 0.25) is 5.02 Å². The highest BCUT2D eigenvalue weighted by atomic mass is 35.5. The number of nitrogen functional groups attached to an aromatic ring is 1. The van der Waals surface area contributed by atoms with Gasteiger partial charge in [0.05, 0.1) is 5.56 Å². The van der Waals surface area contributed by atoms with Crippen LogP contribution in [0.5, 0.6) is 0 Å². The maximum atomic E-state index is 5.93. The van der Waals surface area contributed by atoms with E-state index in [2.05, 4.69) is 10.1 Å². The van der Waals surface area contributed by atoms with Crippen LogP contribution in [0.1, 0.15) is 0 Å². The highest BCUT2D eigenvalue weighted by Crippen LogP contribution is 2.29. The van der Waals surface area contributed by atoms with Gasteiger partial charge in [0.1, 0.15) is 0 Å². The second-order valence-corrected chi connectivity index (χ2v) is 4.88. The molecule has 0 aliphatic carbocycles. The second kappa shape index (κ2) is 4.44. The number of aromatic nitrogens is 2. The third-order valence-electron chi connectivity index (χ3n) is 2.45. The first-order valence-electron chi connectivity index (χ1n) is 5.16. The molecule has 0 bridgehead atoms. The average Bonchev–Trinajstić information content (AvgIpc) is 3.00. The molecule has 3 aromatic rings. The van der Waals surface area contributed by atoms with Gasteiger partial charge in [0, 0.05) is 21.7 Å². The summed E-state index contributed by atoms with van der Waals surface area (Å²) >= 11 is 7.51. The first kappa shape index (κ1) is 11.3. The van der Waals surface area contributed by atoms with Crippen molar-refractivity contribution in [3.63, 3.8) is 0 Å². The number of halogens is 1. The van der Waals surface area contributed by atoms with Crippen molar-refractivity contribution in [2.45, 2.75) is 0 Å². The fourth-order valence-corrected chi connectivity index (χ4v) is 2.36. The predicted octanol–water partition coefficient (Wildman–Crippen LogP) is 3.70. The minimum atomic E-state index is 0.371. The molecular weight excluding hydrogens is 270 g/mol. The Bertz CT molecular complexity index is 678. The largest absolute Gasteiger partial charge is 0.398 e. The van der Waals surface area contributed by atoms with Gasteiger partial charge in [-0.3, -0.25) is 0 Å². The molecule has 0 fully saturated rings. The van der Waals surface area contributed by atoms with Crippen molar-refractivity contribution >= 4 is 28.6 Å². The lowest BCUT2D eigenvalue weighted by Crippen LogP contribution is -1.89. The molecule has 0 aliphatic rings. The van der Waals surface area contributed by atoms with E-state index in [4.69, 9.17) is 21.9 Å². The van der Waals surface area contributed by atoms with Gasteiger partial charge in [-0.25, -0.2) is 0 Å². The first-order valence-corrected chi connectivity index (χ1v) is 6.48. The molecule has 2 heterocycles. The number of anilines is 1. The lowest BCUT2D eigenvalue weighted by Gasteiger charge is -2.00. The molecule has 18 heavy (non-hydrogen) atoms. The highest BCUT2D eigenvalue weighted by Gasteiger charge is 2.13. The fourth-order valence-electron chi connectivity index (χ4n) is 1.56. The smallest absolute Gasteiger partial charge is 0.260 e. The van der Waals surface area contributed by atoms with Gasteiger partial charge in [-0.15, -0.1) is 0 Å². The number of nitrogens with two attached hydrogens (primary N) is 1. The third-order valence-corrected chi connectivity index (χ3v) is 3.37. The monoisotopic (exact) mass is 277 g/mol. The molecule has 0 radical (unpaired) electrons. The quantitative estimate of drug-likeness (QED) is 0.725. The van der Waals surface area contributed by atoms with Crippen LogP contribution in [-0.4, -0.2) is 10.1 Å². The van der Waals surface area contributed by atoms with Crippen LogP contribution in [0, 0.1) is 0 Å². The van der Waals surface area contributed by atoms with Crippen molar-refractivity contribution in [3.8, 4) is 22.8 Å². The van der Waals surface area contributed by atoms with Gasteiger partial charge in [0.25, 0.3) is 5.89 Å². The second-order valence-electron chi connectivity index (χ2n) is 3.67. The molecular formula is C12H8ClN3OS. The molecule has 0 spiro atoms. The lowest BCUT2D eigenvalue weighted by atomic mass is 10.2. The van der Waals surface area contributed by atoms with E-state index >= 15 is 0 Å². The molecule has 4 nitrogen and oxygen atoms in total. The molecule has 0 atom stereocenters. The van der Waals surface area contributed by atoms with Crippen LogP contribution >= 0.6 is 22.9 Å². The van der Waals surface area contributed by atoms with Crippen LogP contribution in [0.25, 0.3) is 22.8 Å². The number of thiophene rings is 1. The van der Waals surface area contributed by atoms with Crippen molar-refractivity contribution in [1.29, 1.82) is 0 Å². The third kappa shape index (κ3) is 1.98. The zero-order valence-corrected chi connectivity index (χ0v) is 10.7. The van der Waals surface area contributed by atoms with E-state index in [0.29, 0.717) is 28.0 Å². The van der Waals surface area contributed by atoms with Crippen LogP contribution in [0.15, 0.2) is 39.5 Å². The van der Waals surface area contributed by atoms with E-state index in [1.165, 1.54) is 0 Å². The van der Waals surface area contributed by atoms with E-state index in [1.807, 2.05) is 16.8 Å². The van der Waals surface area contributed by atoms with Crippen molar-refractivity contribution in [2.75, 3.05) is 5.73 Å². The van der Waals surface area contributed by atoms with E-state index in [0.717, 1.165) is 5.56 Å². The van der Waals surface area contributed by atoms with E-state index in [-0.39, 0.29) is 0 Å². The zero-order chi connectivity index (χ0) is 12.5. The summed E-state index contributed by atoms with van der Waals surface area (Å²) in [6.07, 6.45) is 0. The molecule has 0 amide bonds. The van der Waals surface area contributed by atoms with E-state index in [1.54, 1.807) is 29.5 Å². The van der Waals surface area contributed by atoms with Gasteiger partial charge in [-0.1, -0.05) is 16.8 Å². The maximum Gasteiger partial charge on any atom is 0.260 e. The average molecular weight is 278 g/mol. The first-order chi connectivity index (χ1) is 8.74. The van der Waals surface area contributed by atoms with Crippen LogP contribution in [0.4, 0.5) is 5.69 Å². The minimum Gasteiger partial charge on any atom is -0.398 e. The Morgan fingerprint density at radius 3 is 2.94 bits per heavy atom. The van der Waals surface area contributed by atoms with Crippen molar-refractivity contribution in [2.24, 2.45) is 0 Å². The van der Waals surface area contributed by atoms with Gasteiger partial charge in [-0.2, -0.15) is 16.3 Å². The topological polar surface area (TPSA) is 64.9 Å². The lowest BCUT2D eigenvalue weighted by molar-refractivity contribution is 0.432. The van der Waals surface area contributed by atoms with Crippen molar-refractivity contribution < 1.29 is 4.52 Å². The predicted molar refractivity (Wildman–Crippen MR) is 72.5 cm³/mol. The molecule has 3 rings (SSSR count). The Balaban J connectivity index is 2.05. The van der Waals surface area contributed by atoms with Crippen LogP contribution in [-0.2, 0) is 0 Å². The summed E-state index contributed by atoms with van der Waals surface area (Å²) in [6.45, 7) is 0. The SMILES string of the molecule is Nc1ccc(Cl)cc1-c1nc(-c2ccsc2)no1. The summed E-state index contributed by atoms with van der Waals surface area (Å²) in [4.78, 5) is 4.32. The summed E-state index contributed by atoms with van der Waals surface area (Å²) in [5.41, 5.74) is 8.00. The summed E-state index contributed by atoms with van der Waals surface area (Å²) < 4.78 is 5.22. The summed E-state index contributed by atoms with van der Waals surface area (Å²) in [7, 11) is 0. The number of rotatable bonds is 2. The Morgan fingerprint density at radius 2 is 2.17 bits per heavy atom. The normalized spacial score (nSPS) is 10.7. The number of benzene rings is 1. The van der Waals surface area contributed by atoms with Crippen LogP contribution in [0.3, 0.4) is 0 Å². The van der Waals surface area contributed by atoms with Crippen molar-refractivity contribution in [1.82, 2.24) is 10.1 Å². The molecule has 90 valence electrons. The number of hydrogen-bond donors (Lipinski definition) is 1. The molecule has 0 aliphatic heterocycles. The number of nitrogens with zero attached hydrogens (tertiary/aromatic N) is 2. The molecule has 1 aromatic carbocycles. The fraction of sp³-hybridized carbons (Fsp3) is 0. The van der Waals surface area contributed by atoms with E-state index in [9.17, 15) is 0 Å². The minimum absolute atomic E-state index is 0.371. The Labute approximate surface area is 112 Å². The Kier molecular flexibility index (Phi) is 2.77. The molecule has 0 saturated heterocycles. The van der Waals surface area contributed by atoms with E-state index < -0.39 is 0 Å². The van der Waals surface area contributed by atoms with Gasteiger partial charge in [-0.05, 0) is 29.6 Å². The Morgan fingerprint density at radius 1 is 1.28 bits per heavy atom. The van der Waals surface area contributed by atoms with Gasteiger partial charge >= 0.3 is 0 Å². The molecule has 6 heteroatoms. The van der Waals surface area contributed by atoms with Crippen LogP contribution < -0.4 is 5.73 Å². The summed E-state index contributed by atoms with van der Waals surface area (Å²) in [6, 6.07) is 7.07. The molecule has 0 saturated carbocycles. The molecule has 2 aromatic heterocycles. The number of hydrogen-bond acceptors (Lipinski definition) is 5. The van der Waals surface area contributed by atoms with Gasteiger partial charge in [0.15, 0.2) is 0 Å². The maximum absolute atomic E-state index is 5.93.